The van der Waals surface area contributed by atoms with Gasteiger partial charge in [0.05, 0.1) is 18.2 Å². The summed E-state index contributed by atoms with van der Waals surface area (Å²) >= 11 is 0. The van der Waals surface area contributed by atoms with Crippen LogP contribution in [0.5, 0.6) is 0 Å². The predicted molar refractivity (Wildman–Crippen MR) is 98.3 cm³/mol. The lowest BCUT2D eigenvalue weighted by Gasteiger charge is -2.24. The molecule has 6 heteroatoms. The summed E-state index contributed by atoms with van der Waals surface area (Å²) in [4.78, 5) is 6.46. The molecule has 22 heavy (non-hydrogen) atoms. The van der Waals surface area contributed by atoms with Crippen molar-refractivity contribution in [1.29, 1.82) is 5.26 Å². The van der Waals surface area contributed by atoms with Crippen LogP contribution in [0.4, 0.5) is 0 Å². The number of benzene rings is 1. The van der Waals surface area contributed by atoms with Crippen LogP contribution >= 0.6 is 24.0 Å². The summed E-state index contributed by atoms with van der Waals surface area (Å²) in [6.07, 6.45) is 1.12. The highest BCUT2D eigenvalue weighted by molar-refractivity contribution is 14.0. The van der Waals surface area contributed by atoms with Crippen molar-refractivity contribution in [2.24, 2.45) is 10.9 Å². The van der Waals surface area contributed by atoms with Gasteiger partial charge in [0.1, 0.15) is 0 Å². The predicted octanol–water partition coefficient (Wildman–Crippen LogP) is 2.22. The van der Waals surface area contributed by atoms with Crippen LogP contribution in [0.1, 0.15) is 17.5 Å². The van der Waals surface area contributed by atoms with Gasteiger partial charge in [-0.1, -0.05) is 12.1 Å². The Kier molecular flexibility index (Phi) is 8.20. The average molecular weight is 414 g/mol. The molecular weight excluding hydrogens is 391 g/mol. The molecular formula is C16H23IN4O. The Labute approximate surface area is 149 Å². The van der Waals surface area contributed by atoms with Gasteiger partial charge in [0.15, 0.2) is 5.96 Å². The number of nitriles is 1. The van der Waals surface area contributed by atoms with Crippen LogP contribution in [-0.4, -0.2) is 44.7 Å². The van der Waals surface area contributed by atoms with E-state index in [2.05, 4.69) is 21.3 Å². The summed E-state index contributed by atoms with van der Waals surface area (Å²) in [7, 11) is 3.84. The lowest BCUT2D eigenvalue weighted by molar-refractivity contribution is 0.181. The minimum atomic E-state index is 0. The van der Waals surface area contributed by atoms with E-state index in [0.29, 0.717) is 18.0 Å². The molecule has 0 aliphatic carbocycles. The molecule has 0 amide bonds. The minimum Gasteiger partial charge on any atom is -0.381 e. The van der Waals surface area contributed by atoms with E-state index < -0.39 is 0 Å². The first-order chi connectivity index (χ1) is 10.2. The van der Waals surface area contributed by atoms with E-state index in [1.807, 2.05) is 31.3 Å². The third-order valence-electron chi connectivity index (χ3n) is 3.66. The molecule has 5 nitrogen and oxygen atoms in total. The molecule has 1 atom stereocenters. The molecule has 0 saturated carbocycles. The number of nitrogens with zero attached hydrogens (tertiary/aromatic N) is 3. The van der Waals surface area contributed by atoms with Crippen molar-refractivity contribution in [3.05, 3.63) is 35.4 Å². The molecule has 1 aliphatic rings. The number of aliphatic imine (C=N–C) groups is 1. The van der Waals surface area contributed by atoms with E-state index in [4.69, 9.17) is 10.00 Å². The van der Waals surface area contributed by atoms with Gasteiger partial charge in [-0.25, -0.2) is 0 Å². The first kappa shape index (κ1) is 18.7. The molecule has 1 saturated heterocycles. The minimum absolute atomic E-state index is 0. The van der Waals surface area contributed by atoms with E-state index in [1.54, 1.807) is 7.05 Å². The maximum atomic E-state index is 8.79. The average Bonchev–Trinajstić information content (AvgIpc) is 3.01. The van der Waals surface area contributed by atoms with Crippen molar-refractivity contribution >= 4 is 29.9 Å². The van der Waals surface area contributed by atoms with E-state index in [0.717, 1.165) is 37.7 Å². The van der Waals surface area contributed by atoms with Gasteiger partial charge in [-0.05, 0) is 24.1 Å². The Balaban J connectivity index is 0.00000242. The summed E-state index contributed by atoms with van der Waals surface area (Å²) in [5.74, 6) is 1.47. The lowest BCUT2D eigenvalue weighted by atomic mass is 10.1. The van der Waals surface area contributed by atoms with Crippen molar-refractivity contribution in [2.75, 3.05) is 33.9 Å². The van der Waals surface area contributed by atoms with E-state index >= 15 is 0 Å². The van der Waals surface area contributed by atoms with Crippen molar-refractivity contribution in [3.63, 3.8) is 0 Å². The van der Waals surface area contributed by atoms with Crippen molar-refractivity contribution in [2.45, 2.75) is 13.0 Å². The second kappa shape index (κ2) is 9.64. The number of nitrogens with one attached hydrogen (secondary N) is 1. The number of guanidine groups is 1. The second-order valence-corrected chi connectivity index (χ2v) is 5.32. The van der Waals surface area contributed by atoms with Gasteiger partial charge in [0.2, 0.25) is 0 Å². The summed E-state index contributed by atoms with van der Waals surface area (Å²) in [5.41, 5.74) is 1.81. The van der Waals surface area contributed by atoms with Gasteiger partial charge in [0.25, 0.3) is 0 Å². The molecule has 120 valence electrons. The van der Waals surface area contributed by atoms with Crippen LogP contribution < -0.4 is 5.32 Å². The van der Waals surface area contributed by atoms with E-state index in [-0.39, 0.29) is 24.0 Å². The summed E-state index contributed by atoms with van der Waals surface area (Å²) < 4.78 is 5.41. The van der Waals surface area contributed by atoms with Crippen LogP contribution in [0.25, 0.3) is 0 Å². The van der Waals surface area contributed by atoms with Crippen LogP contribution in [0.3, 0.4) is 0 Å². The van der Waals surface area contributed by atoms with Crippen LogP contribution in [-0.2, 0) is 11.3 Å². The molecule has 1 heterocycles. The van der Waals surface area contributed by atoms with Gasteiger partial charge in [-0.3, -0.25) is 4.99 Å². The fraction of sp³-hybridized carbons (Fsp3) is 0.500. The highest BCUT2D eigenvalue weighted by Gasteiger charge is 2.18. The molecule has 1 unspecified atom stereocenters. The molecule has 1 aromatic carbocycles. The second-order valence-electron chi connectivity index (χ2n) is 5.32. The Morgan fingerprint density at radius 2 is 2.18 bits per heavy atom. The first-order valence-corrected chi connectivity index (χ1v) is 7.21. The van der Waals surface area contributed by atoms with E-state index in [9.17, 15) is 0 Å². The molecule has 1 aliphatic heterocycles. The SMILES string of the molecule is CN=C(NCc1ccc(C#N)cc1)N(C)CC1CCOC1.I. The van der Waals surface area contributed by atoms with Gasteiger partial charge in [-0.2, -0.15) is 5.26 Å². The zero-order chi connectivity index (χ0) is 15.1. The van der Waals surface area contributed by atoms with Crippen LogP contribution in [0.15, 0.2) is 29.3 Å². The molecule has 0 spiro atoms. The van der Waals surface area contributed by atoms with Gasteiger partial charge in [-0.15, -0.1) is 24.0 Å². The number of hydrogen-bond acceptors (Lipinski definition) is 3. The lowest BCUT2D eigenvalue weighted by Crippen LogP contribution is -2.41. The van der Waals surface area contributed by atoms with Crippen molar-refractivity contribution in [1.82, 2.24) is 10.2 Å². The maximum Gasteiger partial charge on any atom is 0.193 e. The quantitative estimate of drug-likeness (QED) is 0.467. The Morgan fingerprint density at radius 3 is 2.73 bits per heavy atom. The number of ether oxygens (including phenoxy) is 1. The smallest absolute Gasteiger partial charge is 0.193 e. The third kappa shape index (κ3) is 5.46. The Bertz CT molecular complexity index is 518. The Morgan fingerprint density at radius 1 is 1.45 bits per heavy atom. The molecule has 1 fully saturated rings. The van der Waals surface area contributed by atoms with Gasteiger partial charge in [0, 0.05) is 39.7 Å². The number of hydrogen-bond donors (Lipinski definition) is 1. The zero-order valence-electron chi connectivity index (χ0n) is 13.1. The molecule has 0 radical (unpaired) electrons. The standard InChI is InChI=1S/C16H22N4O.HI/c1-18-16(20(2)11-15-7-8-21-12-15)19-10-14-5-3-13(9-17)4-6-14;/h3-6,15H,7-8,10-12H2,1-2H3,(H,18,19);1H. The fourth-order valence-corrected chi connectivity index (χ4v) is 2.46. The van der Waals surface area contributed by atoms with Crippen LogP contribution in [0.2, 0.25) is 0 Å². The zero-order valence-corrected chi connectivity index (χ0v) is 15.4. The van der Waals surface area contributed by atoms with Gasteiger partial charge >= 0.3 is 0 Å². The molecule has 1 N–H and O–H groups in total. The van der Waals surface area contributed by atoms with Crippen molar-refractivity contribution < 1.29 is 4.74 Å². The topological polar surface area (TPSA) is 60.7 Å². The summed E-state index contributed by atoms with van der Waals surface area (Å²) in [6.45, 7) is 3.36. The molecule has 2 rings (SSSR count). The largest absolute Gasteiger partial charge is 0.381 e. The summed E-state index contributed by atoms with van der Waals surface area (Å²) in [6, 6.07) is 9.71. The molecule has 0 bridgehead atoms. The molecule has 1 aromatic rings. The highest BCUT2D eigenvalue weighted by atomic mass is 127. The molecule has 0 aromatic heterocycles. The highest BCUT2D eigenvalue weighted by Crippen LogP contribution is 2.13. The van der Waals surface area contributed by atoms with Gasteiger partial charge < -0.3 is 15.0 Å². The van der Waals surface area contributed by atoms with Crippen molar-refractivity contribution in [3.8, 4) is 6.07 Å². The monoisotopic (exact) mass is 414 g/mol. The fourth-order valence-electron chi connectivity index (χ4n) is 2.46. The number of rotatable bonds is 4. The van der Waals surface area contributed by atoms with Crippen LogP contribution in [0, 0.1) is 17.2 Å². The maximum absolute atomic E-state index is 8.79. The Hall–Kier alpha value is -1.33. The number of halogens is 1. The first-order valence-electron chi connectivity index (χ1n) is 7.21. The summed E-state index contributed by atoms with van der Waals surface area (Å²) in [5, 5.41) is 12.1. The normalized spacial score (nSPS) is 17.5. The third-order valence-corrected chi connectivity index (χ3v) is 3.66. The van der Waals surface area contributed by atoms with E-state index in [1.165, 1.54) is 0 Å².